The van der Waals surface area contributed by atoms with Gasteiger partial charge in [-0.25, -0.2) is 8.42 Å². The molecule has 30 heavy (non-hydrogen) atoms. The minimum absolute atomic E-state index is 0.0310. The lowest BCUT2D eigenvalue weighted by atomic mass is 10.1. The van der Waals surface area contributed by atoms with E-state index in [-0.39, 0.29) is 6.10 Å². The third-order valence-electron chi connectivity index (χ3n) is 5.66. The van der Waals surface area contributed by atoms with Gasteiger partial charge in [0.1, 0.15) is 17.4 Å². The number of rotatable bonds is 4. The standard InChI is InChI=1S/C24H22N2O3S/c27-30(28,23-12-4-7-18-6-1-2-10-21(18)23)26-16-13-20(14-17-26)29-22-11-3-8-19-9-5-15-25-24(19)22/h1-12,15,20H,13-14,16-17H2. The van der Waals surface area contributed by atoms with Crippen LogP contribution in [-0.2, 0) is 10.0 Å². The van der Waals surface area contributed by atoms with Gasteiger partial charge in [-0.1, -0.05) is 54.6 Å². The van der Waals surface area contributed by atoms with Crippen LogP contribution < -0.4 is 4.74 Å². The summed E-state index contributed by atoms with van der Waals surface area (Å²) in [6, 6.07) is 22.8. The summed E-state index contributed by atoms with van der Waals surface area (Å²) in [7, 11) is -3.55. The van der Waals surface area contributed by atoms with E-state index in [9.17, 15) is 8.42 Å². The van der Waals surface area contributed by atoms with E-state index in [1.165, 1.54) is 0 Å². The van der Waals surface area contributed by atoms with Crippen molar-refractivity contribution in [3.05, 3.63) is 79.0 Å². The quantitative estimate of drug-likeness (QED) is 0.485. The summed E-state index contributed by atoms with van der Waals surface area (Å²) in [6.07, 6.45) is 3.02. The van der Waals surface area contributed by atoms with Gasteiger partial charge in [0.2, 0.25) is 10.0 Å². The Bertz CT molecular complexity index is 1300. The molecular weight excluding hydrogens is 396 g/mol. The third-order valence-corrected chi connectivity index (χ3v) is 7.61. The van der Waals surface area contributed by atoms with Gasteiger partial charge in [-0.2, -0.15) is 4.31 Å². The van der Waals surface area contributed by atoms with Crippen molar-refractivity contribution >= 4 is 31.7 Å². The average molecular weight is 419 g/mol. The van der Waals surface area contributed by atoms with Crippen LogP contribution in [0.2, 0.25) is 0 Å². The molecule has 0 amide bonds. The predicted octanol–water partition coefficient (Wildman–Crippen LogP) is 4.62. The Balaban J connectivity index is 1.34. The van der Waals surface area contributed by atoms with E-state index < -0.39 is 10.0 Å². The molecule has 2 heterocycles. The number of hydrogen-bond acceptors (Lipinski definition) is 4. The van der Waals surface area contributed by atoms with Crippen LogP contribution in [0.15, 0.2) is 83.9 Å². The Morgan fingerprint density at radius 2 is 1.53 bits per heavy atom. The minimum atomic E-state index is -3.55. The molecule has 1 aliphatic heterocycles. The molecule has 152 valence electrons. The van der Waals surface area contributed by atoms with Crippen molar-refractivity contribution in [1.82, 2.24) is 9.29 Å². The summed E-state index contributed by atoms with van der Waals surface area (Å²) in [5.74, 6) is 0.753. The molecule has 6 heteroatoms. The van der Waals surface area contributed by atoms with E-state index in [4.69, 9.17) is 4.74 Å². The van der Waals surface area contributed by atoms with Crippen molar-refractivity contribution in [2.24, 2.45) is 0 Å². The zero-order valence-corrected chi connectivity index (χ0v) is 17.3. The van der Waals surface area contributed by atoms with E-state index in [1.54, 1.807) is 22.6 Å². The number of benzene rings is 3. The van der Waals surface area contributed by atoms with Crippen LogP contribution in [0.25, 0.3) is 21.7 Å². The molecule has 1 fully saturated rings. The van der Waals surface area contributed by atoms with Crippen LogP contribution in [-0.4, -0.2) is 36.9 Å². The van der Waals surface area contributed by atoms with Crippen LogP contribution in [0.3, 0.4) is 0 Å². The molecule has 1 saturated heterocycles. The van der Waals surface area contributed by atoms with Crippen molar-refractivity contribution < 1.29 is 13.2 Å². The first kappa shape index (κ1) is 19.0. The molecular formula is C24H22N2O3S. The zero-order valence-electron chi connectivity index (χ0n) is 16.4. The maximum absolute atomic E-state index is 13.3. The Kier molecular flexibility index (Phi) is 4.89. The number of nitrogens with zero attached hydrogens (tertiary/aromatic N) is 2. The number of para-hydroxylation sites is 1. The van der Waals surface area contributed by atoms with Gasteiger partial charge >= 0.3 is 0 Å². The van der Waals surface area contributed by atoms with Gasteiger partial charge in [-0.05, 0) is 36.4 Å². The molecule has 1 aliphatic rings. The second-order valence-corrected chi connectivity index (χ2v) is 9.44. The molecule has 0 spiro atoms. The first-order valence-corrected chi connectivity index (χ1v) is 11.6. The van der Waals surface area contributed by atoms with E-state index in [0.717, 1.165) is 27.4 Å². The molecule has 1 aromatic heterocycles. The number of aromatic nitrogens is 1. The van der Waals surface area contributed by atoms with Crippen LogP contribution in [0.4, 0.5) is 0 Å². The highest BCUT2D eigenvalue weighted by molar-refractivity contribution is 7.89. The summed E-state index contributed by atoms with van der Waals surface area (Å²) in [4.78, 5) is 4.81. The predicted molar refractivity (Wildman–Crippen MR) is 118 cm³/mol. The molecule has 0 atom stereocenters. The van der Waals surface area contributed by atoms with Gasteiger partial charge < -0.3 is 4.74 Å². The fourth-order valence-electron chi connectivity index (χ4n) is 4.10. The number of ether oxygens (including phenoxy) is 1. The van der Waals surface area contributed by atoms with E-state index >= 15 is 0 Å². The zero-order chi connectivity index (χ0) is 20.6. The van der Waals surface area contributed by atoms with Crippen LogP contribution in [0, 0.1) is 0 Å². The normalized spacial score (nSPS) is 16.1. The van der Waals surface area contributed by atoms with Gasteiger partial charge in [0.15, 0.2) is 0 Å². The topological polar surface area (TPSA) is 59.5 Å². The van der Waals surface area contributed by atoms with Crippen molar-refractivity contribution in [3.8, 4) is 5.75 Å². The molecule has 3 aromatic carbocycles. The van der Waals surface area contributed by atoms with E-state index in [1.807, 2.05) is 60.7 Å². The monoisotopic (exact) mass is 418 g/mol. The lowest BCUT2D eigenvalue weighted by Gasteiger charge is -2.31. The summed E-state index contributed by atoms with van der Waals surface area (Å²) in [5, 5.41) is 2.73. The molecule has 4 aromatic rings. The maximum atomic E-state index is 13.3. The molecule has 5 nitrogen and oxygen atoms in total. The first-order chi connectivity index (χ1) is 14.6. The Morgan fingerprint density at radius 1 is 0.833 bits per heavy atom. The highest BCUT2D eigenvalue weighted by Gasteiger charge is 2.31. The van der Waals surface area contributed by atoms with Crippen LogP contribution >= 0.6 is 0 Å². The van der Waals surface area contributed by atoms with E-state index in [2.05, 4.69) is 4.98 Å². The van der Waals surface area contributed by atoms with Crippen LogP contribution in [0.1, 0.15) is 12.8 Å². The number of pyridine rings is 1. The Morgan fingerprint density at radius 3 is 2.40 bits per heavy atom. The largest absolute Gasteiger partial charge is 0.488 e. The van der Waals surface area contributed by atoms with Crippen molar-refractivity contribution in [2.75, 3.05) is 13.1 Å². The second-order valence-electron chi connectivity index (χ2n) is 7.53. The van der Waals surface area contributed by atoms with Crippen molar-refractivity contribution in [1.29, 1.82) is 0 Å². The lowest BCUT2D eigenvalue weighted by molar-refractivity contribution is 0.136. The fourth-order valence-corrected chi connectivity index (χ4v) is 5.78. The smallest absolute Gasteiger partial charge is 0.243 e. The highest BCUT2D eigenvalue weighted by atomic mass is 32.2. The third kappa shape index (κ3) is 3.42. The molecule has 0 bridgehead atoms. The van der Waals surface area contributed by atoms with Gasteiger partial charge in [0, 0.05) is 30.1 Å². The number of sulfonamides is 1. The Hall–Kier alpha value is -2.96. The summed E-state index contributed by atoms with van der Waals surface area (Å²) in [5.41, 5.74) is 0.839. The second kappa shape index (κ2) is 7.70. The number of fused-ring (bicyclic) bond motifs is 2. The van der Waals surface area contributed by atoms with Gasteiger partial charge in [0.05, 0.1) is 4.90 Å². The van der Waals surface area contributed by atoms with Crippen LogP contribution in [0.5, 0.6) is 5.75 Å². The van der Waals surface area contributed by atoms with Gasteiger partial charge in [-0.15, -0.1) is 0 Å². The molecule has 0 radical (unpaired) electrons. The highest BCUT2D eigenvalue weighted by Crippen LogP contribution is 2.30. The first-order valence-electron chi connectivity index (χ1n) is 10.1. The molecule has 0 unspecified atom stereocenters. The summed E-state index contributed by atoms with van der Waals surface area (Å²) >= 11 is 0. The molecule has 0 N–H and O–H groups in total. The molecule has 0 aliphatic carbocycles. The van der Waals surface area contributed by atoms with Crippen molar-refractivity contribution in [2.45, 2.75) is 23.8 Å². The van der Waals surface area contributed by atoms with Gasteiger partial charge in [0.25, 0.3) is 0 Å². The SMILES string of the molecule is O=S(=O)(c1cccc2ccccc12)N1CCC(Oc2cccc3cccnc23)CC1. The van der Waals surface area contributed by atoms with Crippen molar-refractivity contribution in [3.63, 3.8) is 0 Å². The lowest BCUT2D eigenvalue weighted by Crippen LogP contribution is -2.41. The number of hydrogen-bond donors (Lipinski definition) is 0. The summed E-state index contributed by atoms with van der Waals surface area (Å²) < 4.78 is 34.4. The average Bonchev–Trinajstić information content (AvgIpc) is 2.79. The number of piperidine rings is 1. The minimum Gasteiger partial charge on any atom is -0.488 e. The Labute approximate surface area is 176 Å². The molecule has 0 saturated carbocycles. The summed E-state index contributed by atoms with van der Waals surface area (Å²) in [6.45, 7) is 0.878. The fraction of sp³-hybridized carbons (Fsp3) is 0.208. The van der Waals surface area contributed by atoms with E-state index in [0.29, 0.717) is 30.8 Å². The maximum Gasteiger partial charge on any atom is 0.243 e. The molecule has 5 rings (SSSR count). The van der Waals surface area contributed by atoms with Gasteiger partial charge in [-0.3, -0.25) is 4.98 Å².